The van der Waals surface area contributed by atoms with Crippen LogP contribution in [0.3, 0.4) is 0 Å². The zero-order valence-corrected chi connectivity index (χ0v) is 14.2. The molecule has 0 bridgehead atoms. The lowest BCUT2D eigenvalue weighted by Crippen LogP contribution is -2.10. The fraction of sp³-hybridized carbons (Fsp3) is 0. The summed E-state index contributed by atoms with van der Waals surface area (Å²) in [7, 11) is 1.74. The largest absolute Gasteiger partial charge is 0.334 e. The summed E-state index contributed by atoms with van der Waals surface area (Å²) in [6, 6.07) is 20.2. The van der Waals surface area contributed by atoms with E-state index in [2.05, 4.69) is 36.8 Å². The summed E-state index contributed by atoms with van der Waals surface area (Å²) in [4.78, 5) is 4.64. The minimum Gasteiger partial charge on any atom is -0.334 e. The average Bonchev–Trinajstić information content (AvgIpc) is 2.81. The molecule has 0 spiro atoms. The molecule has 0 fully saturated rings. The predicted molar refractivity (Wildman–Crippen MR) is 102 cm³/mol. The second kappa shape index (κ2) is 6.64. The lowest BCUT2D eigenvalue weighted by molar-refractivity contribution is 1.58. The molecule has 0 aliphatic carbocycles. The maximum absolute atomic E-state index is 4.64. The van der Waals surface area contributed by atoms with E-state index < -0.39 is 0 Å². The van der Waals surface area contributed by atoms with Crippen molar-refractivity contribution in [3.05, 3.63) is 60.7 Å². The van der Waals surface area contributed by atoms with Crippen molar-refractivity contribution in [3.63, 3.8) is 0 Å². The van der Waals surface area contributed by atoms with Gasteiger partial charge in [0.15, 0.2) is 10.3 Å². The molecule has 6 heteroatoms. The van der Waals surface area contributed by atoms with Crippen molar-refractivity contribution in [1.82, 2.24) is 0 Å². The van der Waals surface area contributed by atoms with Crippen LogP contribution in [0.2, 0.25) is 0 Å². The van der Waals surface area contributed by atoms with Gasteiger partial charge in [-0.1, -0.05) is 36.4 Å². The first-order valence-corrected chi connectivity index (χ1v) is 11.1. The number of benzene rings is 2. The van der Waals surface area contributed by atoms with Crippen molar-refractivity contribution in [3.8, 4) is 0 Å². The molecule has 0 saturated heterocycles. The first-order chi connectivity index (χ1) is 9.81. The number of nitrogens with one attached hydrogen (secondary N) is 2. The Hall–Kier alpha value is -0.990. The van der Waals surface area contributed by atoms with E-state index in [0.717, 1.165) is 21.7 Å². The van der Waals surface area contributed by atoms with Gasteiger partial charge in [-0.25, -0.2) is 0 Å². The fourth-order valence-corrected chi connectivity index (χ4v) is 5.87. The van der Waals surface area contributed by atoms with E-state index in [0.29, 0.717) is 0 Å². The van der Waals surface area contributed by atoms with Crippen LogP contribution in [0.4, 0.5) is 11.4 Å². The van der Waals surface area contributed by atoms with E-state index in [-0.39, 0.29) is 6.69 Å². The van der Waals surface area contributed by atoms with Gasteiger partial charge in [0.25, 0.3) is 0 Å². The second-order valence-electron chi connectivity index (χ2n) is 4.01. The summed E-state index contributed by atoms with van der Waals surface area (Å²) in [5, 5.41) is 8.66. The molecule has 0 amide bonds. The number of hydrogen-bond donors (Lipinski definition) is 2. The Kier molecular flexibility index (Phi) is 4.64. The van der Waals surface area contributed by atoms with Crippen LogP contribution < -0.4 is 10.6 Å². The van der Waals surface area contributed by atoms with Crippen molar-refractivity contribution in [2.45, 2.75) is 0 Å². The van der Waals surface area contributed by atoms with Crippen LogP contribution >= 0.6 is 38.7 Å². The highest BCUT2D eigenvalue weighted by Gasteiger charge is 2.16. The molecule has 0 aromatic heterocycles. The fourth-order valence-electron chi connectivity index (χ4n) is 1.66. The van der Waals surface area contributed by atoms with E-state index in [1.807, 2.05) is 60.7 Å². The van der Waals surface area contributed by atoms with Crippen LogP contribution in [-0.4, -0.2) is 10.3 Å². The third-order valence-electron chi connectivity index (χ3n) is 2.56. The number of para-hydroxylation sites is 2. The highest BCUT2D eigenvalue weighted by molar-refractivity contribution is 14.2. The summed E-state index contributed by atoms with van der Waals surface area (Å²) in [6.45, 7) is 0.0112. The Morgan fingerprint density at radius 3 is 2.00 bits per heavy atom. The quantitative estimate of drug-likeness (QED) is 0.416. The number of amidine groups is 1. The average molecular weight is 413 g/mol. The van der Waals surface area contributed by atoms with Crippen LogP contribution in [0.1, 0.15) is 0 Å². The lowest BCUT2D eigenvalue weighted by atomic mass is 10.3. The molecule has 102 valence electrons. The molecule has 2 aromatic carbocycles. The standard InChI is InChI=1S/C14H12IN3S2/c15-20-14(17-12-9-5-2-6-10-12)18-13(19-20)16-11-7-3-1-4-8-11/h1-10,17H,(H,16,18). The molecule has 2 N–H and O–H groups in total. The third-order valence-corrected chi connectivity index (χ3v) is 7.81. The van der Waals surface area contributed by atoms with Crippen molar-refractivity contribution < 1.29 is 0 Å². The Morgan fingerprint density at radius 1 is 0.850 bits per heavy atom. The lowest BCUT2D eigenvalue weighted by Gasteiger charge is -2.04. The topological polar surface area (TPSA) is 36.4 Å². The molecule has 1 heterocycles. The second-order valence-corrected chi connectivity index (χ2v) is 11.3. The molecule has 20 heavy (non-hydrogen) atoms. The van der Waals surface area contributed by atoms with Crippen LogP contribution in [0.5, 0.6) is 0 Å². The first kappa shape index (κ1) is 14.0. The Morgan fingerprint density at radius 2 is 1.40 bits per heavy atom. The van der Waals surface area contributed by atoms with Crippen molar-refractivity contribution >= 4 is 60.3 Å². The van der Waals surface area contributed by atoms with Crippen LogP contribution in [0.15, 0.2) is 65.7 Å². The van der Waals surface area contributed by atoms with E-state index in [1.54, 1.807) is 10.8 Å². The van der Waals surface area contributed by atoms with Crippen LogP contribution in [0, 0.1) is 0 Å². The first-order valence-electron chi connectivity index (χ1n) is 6.00. The molecule has 3 nitrogen and oxygen atoms in total. The van der Waals surface area contributed by atoms with E-state index in [9.17, 15) is 0 Å². The Labute approximate surface area is 136 Å². The van der Waals surface area contributed by atoms with Gasteiger partial charge in [-0.2, -0.15) is 4.99 Å². The third kappa shape index (κ3) is 3.56. The maximum Gasteiger partial charge on any atom is 0.179 e. The number of hydrogen-bond acceptors (Lipinski definition) is 4. The summed E-state index contributed by atoms with van der Waals surface area (Å²) < 4.78 is 0. The molecule has 1 unspecified atom stereocenters. The minimum absolute atomic E-state index is 0.0112. The summed E-state index contributed by atoms with van der Waals surface area (Å²) >= 11 is 2.42. The molecular formula is C14H12IN3S2. The zero-order chi connectivity index (χ0) is 13.8. The Balaban J connectivity index is 1.71. The van der Waals surface area contributed by atoms with Gasteiger partial charge in [0.05, 0.1) is 0 Å². The molecule has 2 aromatic rings. The Bertz CT molecular complexity index is 657. The molecule has 1 aliphatic heterocycles. The minimum atomic E-state index is 0.0112. The van der Waals surface area contributed by atoms with Gasteiger partial charge in [0.2, 0.25) is 0 Å². The highest BCUT2D eigenvalue weighted by atomic mass is 127. The van der Waals surface area contributed by atoms with Gasteiger partial charge in [-0.15, -0.1) is 0 Å². The van der Waals surface area contributed by atoms with Crippen molar-refractivity contribution in [1.29, 1.82) is 0 Å². The monoisotopic (exact) mass is 413 g/mol. The number of anilines is 2. The van der Waals surface area contributed by atoms with E-state index in [4.69, 9.17) is 0 Å². The molecule has 0 radical (unpaired) electrons. The molecule has 1 atom stereocenters. The summed E-state index contributed by atoms with van der Waals surface area (Å²) in [5.41, 5.74) is 2.13. The highest BCUT2D eigenvalue weighted by Crippen LogP contribution is 2.45. The zero-order valence-electron chi connectivity index (χ0n) is 10.4. The predicted octanol–water partition coefficient (Wildman–Crippen LogP) is 4.93. The number of nitrogens with zero attached hydrogens (tertiary/aromatic N) is 1. The maximum atomic E-state index is 4.64. The van der Waals surface area contributed by atoms with E-state index >= 15 is 0 Å². The normalized spacial score (nSPS) is 17.8. The summed E-state index contributed by atoms with van der Waals surface area (Å²) in [5.74, 6) is 0. The number of aliphatic imine (C=N–C) groups is 1. The molecule has 1 aliphatic rings. The van der Waals surface area contributed by atoms with Crippen LogP contribution in [-0.2, 0) is 0 Å². The van der Waals surface area contributed by atoms with Gasteiger partial charge >= 0.3 is 0 Å². The number of halogens is 1. The SMILES string of the molecule is IS1=C(Nc2ccccc2)N=C(Nc2ccccc2)S1. The van der Waals surface area contributed by atoms with Gasteiger partial charge < -0.3 is 10.6 Å². The van der Waals surface area contributed by atoms with Gasteiger partial charge in [0, 0.05) is 32.6 Å². The van der Waals surface area contributed by atoms with Crippen molar-refractivity contribution in [2.24, 2.45) is 4.99 Å². The molecule has 3 rings (SSSR count). The number of rotatable bonds is 2. The van der Waals surface area contributed by atoms with E-state index in [1.165, 1.54) is 0 Å². The summed E-state index contributed by atoms with van der Waals surface area (Å²) in [6.07, 6.45) is 0. The molecule has 0 saturated carbocycles. The smallest absolute Gasteiger partial charge is 0.179 e. The van der Waals surface area contributed by atoms with Gasteiger partial charge in [-0.3, -0.25) is 0 Å². The van der Waals surface area contributed by atoms with Crippen LogP contribution in [0.25, 0.3) is 0 Å². The van der Waals surface area contributed by atoms with Crippen molar-refractivity contribution in [2.75, 3.05) is 10.6 Å². The van der Waals surface area contributed by atoms with Gasteiger partial charge in [-0.05, 0) is 41.7 Å². The molecular weight excluding hydrogens is 401 g/mol. The van der Waals surface area contributed by atoms with Gasteiger partial charge in [0.1, 0.15) is 0 Å².